The van der Waals surface area contributed by atoms with Gasteiger partial charge in [0, 0.05) is 32.4 Å². The molecule has 1 aliphatic heterocycles. The zero-order valence-corrected chi connectivity index (χ0v) is 12.5. The number of benzene rings is 1. The average molecular weight is 258 g/mol. The van der Waals surface area contributed by atoms with E-state index in [9.17, 15) is 0 Å². The Morgan fingerprint density at radius 3 is 2.58 bits per heavy atom. The minimum atomic E-state index is 0.745. The molecule has 0 spiro atoms. The van der Waals surface area contributed by atoms with Gasteiger partial charge >= 0.3 is 0 Å². The lowest BCUT2D eigenvalue weighted by Gasteiger charge is -2.32. The van der Waals surface area contributed by atoms with Crippen LogP contribution in [0.25, 0.3) is 6.08 Å². The van der Waals surface area contributed by atoms with Gasteiger partial charge in [-0.3, -0.25) is 4.90 Å². The van der Waals surface area contributed by atoms with Crippen LogP contribution in [0.1, 0.15) is 31.7 Å². The highest BCUT2D eigenvalue weighted by Gasteiger charge is 2.16. The normalized spacial score (nSPS) is 20.9. The maximum absolute atomic E-state index is 2.58. The molecule has 2 nitrogen and oxygen atoms in total. The molecule has 1 saturated heterocycles. The van der Waals surface area contributed by atoms with Gasteiger partial charge in [-0.2, -0.15) is 0 Å². The molecule has 1 atom stereocenters. The van der Waals surface area contributed by atoms with Gasteiger partial charge in [0.25, 0.3) is 0 Å². The molecule has 1 aliphatic rings. The van der Waals surface area contributed by atoms with Crippen LogP contribution in [-0.2, 0) is 0 Å². The second-order valence-corrected chi connectivity index (χ2v) is 5.73. The Labute approximate surface area is 117 Å². The van der Waals surface area contributed by atoms with E-state index in [1.165, 1.54) is 37.1 Å². The summed E-state index contributed by atoms with van der Waals surface area (Å²) in [6, 6.07) is 9.46. The zero-order valence-electron chi connectivity index (χ0n) is 12.5. The van der Waals surface area contributed by atoms with Gasteiger partial charge in [0.2, 0.25) is 0 Å². The molecule has 0 aliphatic carbocycles. The van der Waals surface area contributed by atoms with Gasteiger partial charge in [-0.15, -0.1) is 0 Å². The second kappa shape index (κ2) is 6.76. The van der Waals surface area contributed by atoms with E-state index in [-0.39, 0.29) is 0 Å². The van der Waals surface area contributed by atoms with Crippen LogP contribution in [0.15, 0.2) is 30.3 Å². The van der Waals surface area contributed by atoms with Gasteiger partial charge in [0.15, 0.2) is 0 Å². The molecule has 1 heterocycles. The SMILES string of the molecule is C[C@H]1CCCCN1C/C=C/c1ccc(N(C)C)cc1. The van der Waals surface area contributed by atoms with E-state index in [1.54, 1.807) is 0 Å². The van der Waals surface area contributed by atoms with Crippen molar-refractivity contribution in [2.75, 3.05) is 32.1 Å². The first-order chi connectivity index (χ1) is 9.16. The summed E-state index contributed by atoms with van der Waals surface area (Å²) in [4.78, 5) is 4.71. The molecule has 2 heteroatoms. The van der Waals surface area contributed by atoms with Crippen molar-refractivity contribution in [2.24, 2.45) is 0 Å². The van der Waals surface area contributed by atoms with Crippen molar-refractivity contribution in [1.82, 2.24) is 4.90 Å². The Bertz CT molecular complexity index is 406. The van der Waals surface area contributed by atoms with Crippen LogP contribution in [0, 0.1) is 0 Å². The van der Waals surface area contributed by atoms with Crippen LogP contribution in [0.4, 0.5) is 5.69 Å². The molecular weight excluding hydrogens is 232 g/mol. The van der Waals surface area contributed by atoms with Gasteiger partial charge in [0.1, 0.15) is 0 Å². The number of rotatable bonds is 4. The van der Waals surface area contributed by atoms with Crippen LogP contribution < -0.4 is 4.90 Å². The van der Waals surface area contributed by atoms with Crippen LogP contribution in [-0.4, -0.2) is 38.1 Å². The van der Waals surface area contributed by atoms with E-state index >= 15 is 0 Å². The largest absolute Gasteiger partial charge is 0.378 e. The first-order valence-corrected chi connectivity index (χ1v) is 7.35. The minimum Gasteiger partial charge on any atom is -0.378 e. The fourth-order valence-corrected chi connectivity index (χ4v) is 2.64. The highest BCUT2D eigenvalue weighted by molar-refractivity contribution is 5.55. The number of hydrogen-bond donors (Lipinski definition) is 0. The molecule has 1 aromatic rings. The number of hydrogen-bond acceptors (Lipinski definition) is 2. The summed E-state index contributed by atoms with van der Waals surface area (Å²) in [6.45, 7) is 4.68. The number of anilines is 1. The standard InChI is InChI=1S/C17H26N2/c1-15-7-4-5-13-19(15)14-6-8-16-9-11-17(12-10-16)18(2)3/h6,8-12,15H,4-5,7,13-14H2,1-3H3/b8-6+/t15-/m0/s1. The third-order valence-corrected chi connectivity index (χ3v) is 4.00. The highest BCUT2D eigenvalue weighted by Crippen LogP contribution is 2.17. The summed E-state index contributed by atoms with van der Waals surface area (Å²) in [6.07, 6.45) is 8.64. The third kappa shape index (κ3) is 4.10. The van der Waals surface area contributed by atoms with Gasteiger partial charge in [-0.25, -0.2) is 0 Å². The van der Waals surface area contributed by atoms with Gasteiger partial charge < -0.3 is 4.90 Å². The third-order valence-electron chi connectivity index (χ3n) is 4.00. The molecule has 1 fully saturated rings. The lowest BCUT2D eigenvalue weighted by Crippen LogP contribution is -2.37. The van der Waals surface area contributed by atoms with Crippen molar-refractivity contribution in [1.29, 1.82) is 0 Å². The molecule has 1 aromatic carbocycles. The Hall–Kier alpha value is -1.28. The van der Waals surface area contributed by atoms with Gasteiger partial charge in [-0.1, -0.05) is 30.7 Å². The van der Waals surface area contributed by atoms with E-state index in [0.29, 0.717) is 0 Å². The van der Waals surface area contributed by atoms with Crippen LogP contribution in [0.2, 0.25) is 0 Å². The second-order valence-electron chi connectivity index (χ2n) is 5.73. The Kier molecular flexibility index (Phi) is 5.03. The van der Waals surface area contributed by atoms with E-state index < -0.39 is 0 Å². The van der Waals surface area contributed by atoms with Crippen molar-refractivity contribution in [3.63, 3.8) is 0 Å². The van der Waals surface area contributed by atoms with Crippen molar-refractivity contribution < 1.29 is 0 Å². The average Bonchev–Trinajstić information content (AvgIpc) is 2.41. The maximum atomic E-state index is 2.58. The van der Waals surface area contributed by atoms with Crippen molar-refractivity contribution in [2.45, 2.75) is 32.2 Å². The topological polar surface area (TPSA) is 6.48 Å². The number of piperidine rings is 1. The Morgan fingerprint density at radius 1 is 1.21 bits per heavy atom. The van der Waals surface area contributed by atoms with E-state index in [1.807, 2.05) is 0 Å². The van der Waals surface area contributed by atoms with Crippen molar-refractivity contribution in [3.05, 3.63) is 35.9 Å². The van der Waals surface area contributed by atoms with E-state index in [2.05, 4.69) is 67.2 Å². The maximum Gasteiger partial charge on any atom is 0.0361 e. The van der Waals surface area contributed by atoms with Crippen molar-refractivity contribution >= 4 is 11.8 Å². The van der Waals surface area contributed by atoms with Crippen molar-refractivity contribution in [3.8, 4) is 0 Å². The van der Waals surface area contributed by atoms with Gasteiger partial charge in [-0.05, 0) is 44.0 Å². The molecule has 0 radical (unpaired) electrons. The molecule has 0 saturated carbocycles. The summed E-state index contributed by atoms with van der Waals surface area (Å²) >= 11 is 0. The Balaban J connectivity index is 1.87. The molecule has 19 heavy (non-hydrogen) atoms. The summed E-state index contributed by atoms with van der Waals surface area (Å²) < 4.78 is 0. The predicted molar refractivity (Wildman–Crippen MR) is 84.7 cm³/mol. The molecule has 0 bridgehead atoms. The van der Waals surface area contributed by atoms with E-state index in [4.69, 9.17) is 0 Å². The molecule has 0 N–H and O–H groups in total. The first kappa shape index (κ1) is 14.1. The van der Waals surface area contributed by atoms with Gasteiger partial charge in [0.05, 0.1) is 0 Å². The predicted octanol–water partition coefficient (Wildman–Crippen LogP) is 3.64. The molecule has 104 valence electrons. The molecule has 2 rings (SSSR count). The van der Waals surface area contributed by atoms with Crippen LogP contribution in [0.5, 0.6) is 0 Å². The molecule has 0 aromatic heterocycles. The smallest absolute Gasteiger partial charge is 0.0361 e. The fraction of sp³-hybridized carbons (Fsp3) is 0.529. The summed E-state index contributed by atoms with van der Waals surface area (Å²) in [5.41, 5.74) is 2.54. The fourth-order valence-electron chi connectivity index (χ4n) is 2.64. The van der Waals surface area contributed by atoms with Crippen LogP contribution >= 0.6 is 0 Å². The molecular formula is C17H26N2. The highest BCUT2D eigenvalue weighted by atomic mass is 15.1. The lowest BCUT2D eigenvalue weighted by molar-refractivity contribution is 0.179. The summed E-state index contributed by atoms with van der Waals surface area (Å²) in [5.74, 6) is 0. The monoisotopic (exact) mass is 258 g/mol. The zero-order chi connectivity index (χ0) is 13.7. The first-order valence-electron chi connectivity index (χ1n) is 7.35. The number of likely N-dealkylation sites (tertiary alicyclic amines) is 1. The quantitative estimate of drug-likeness (QED) is 0.813. The molecule has 0 amide bonds. The van der Waals surface area contributed by atoms with E-state index in [0.717, 1.165) is 12.6 Å². The number of nitrogens with zero attached hydrogens (tertiary/aromatic N) is 2. The lowest BCUT2D eigenvalue weighted by atomic mass is 10.0. The summed E-state index contributed by atoms with van der Waals surface area (Å²) in [5, 5.41) is 0. The Morgan fingerprint density at radius 2 is 1.95 bits per heavy atom. The summed E-state index contributed by atoms with van der Waals surface area (Å²) in [7, 11) is 4.14. The van der Waals surface area contributed by atoms with Crippen LogP contribution in [0.3, 0.4) is 0 Å². The minimum absolute atomic E-state index is 0.745. The molecule has 0 unspecified atom stereocenters.